The molecule has 2 amide bonds. The number of hydrogen-bond donors (Lipinski definition) is 2. The summed E-state index contributed by atoms with van der Waals surface area (Å²) in [5.74, 6) is -0.516. The molecule has 1 rings (SSSR count). The molecule has 1 aromatic carbocycles. The topological polar surface area (TPSA) is 103 Å². The monoisotopic (exact) mass is 392 g/mol. The average molecular weight is 392 g/mol. The van der Waals surface area contributed by atoms with E-state index in [-0.39, 0.29) is 5.69 Å². The number of carbonyl (C=O) groups is 3. The average Bonchev–Trinajstić information content (AvgIpc) is 2.51. The summed E-state index contributed by atoms with van der Waals surface area (Å²) in [5.41, 5.74) is -0.161. The van der Waals surface area contributed by atoms with Crippen LogP contribution < -0.4 is 10.6 Å². The lowest BCUT2D eigenvalue weighted by Gasteiger charge is -2.22. The molecule has 0 spiro atoms. The molecule has 0 radical (unpaired) electrons. The molecule has 0 aliphatic heterocycles. The van der Waals surface area contributed by atoms with Gasteiger partial charge in [-0.3, -0.25) is 10.6 Å². The Hall–Kier alpha value is -3.03. The van der Waals surface area contributed by atoms with E-state index in [9.17, 15) is 14.4 Å². The highest BCUT2D eigenvalue weighted by Crippen LogP contribution is 2.26. The van der Waals surface area contributed by atoms with Gasteiger partial charge in [0.2, 0.25) is 0 Å². The van der Waals surface area contributed by atoms with Crippen molar-refractivity contribution in [1.29, 1.82) is 0 Å². The highest BCUT2D eigenvalue weighted by molar-refractivity contribution is 5.96. The van der Waals surface area contributed by atoms with Gasteiger partial charge in [0.1, 0.15) is 11.2 Å². The van der Waals surface area contributed by atoms with E-state index < -0.39 is 29.4 Å². The highest BCUT2D eigenvalue weighted by Gasteiger charge is 2.20. The number of ether oxygens (including phenoxy) is 3. The van der Waals surface area contributed by atoms with Crippen molar-refractivity contribution in [3.63, 3.8) is 0 Å². The van der Waals surface area contributed by atoms with Gasteiger partial charge in [-0.2, -0.15) is 0 Å². The van der Waals surface area contributed by atoms with Crippen molar-refractivity contribution in [2.24, 2.45) is 0 Å². The minimum Gasteiger partial charge on any atom is -0.466 e. The summed E-state index contributed by atoms with van der Waals surface area (Å²) in [6.07, 6.45) is 1.41. The first kappa shape index (κ1) is 23.0. The van der Waals surface area contributed by atoms with E-state index in [2.05, 4.69) is 15.4 Å². The van der Waals surface area contributed by atoms with Crippen molar-refractivity contribution in [3.05, 3.63) is 29.8 Å². The highest BCUT2D eigenvalue weighted by atomic mass is 16.6. The molecule has 0 saturated heterocycles. The van der Waals surface area contributed by atoms with Gasteiger partial charge < -0.3 is 14.2 Å². The summed E-state index contributed by atoms with van der Waals surface area (Å²) in [5, 5.41) is 5.19. The second kappa shape index (κ2) is 9.25. The molecule has 0 aliphatic carbocycles. The number of esters is 1. The van der Waals surface area contributed by atoms with Crippen LogP contribution in [-0.4, -0.2) is 36.5 Å². The van der Waals surface area contributed by atoms with Gasteiger partial charge in [0, 0.05) is 6.08 Å². The molecule has 0 heterocycles. The lowest BCUT2D eigenvalue weighted by atomic mass is 10.1. The van der Waals surface area contributed by atoms with Crippen LogP contribution in [0.25, 0.3) is 6.08 Å². The van der Waals surface area contributed by atoms with E-state index in [4.69, 9.17) is 9.47 Å². The number of carbonyl (C=O) groups excluding carboxylic acids is 3. The molecule has 0 unspecified atom stereocenters. The number of methoxy groups -OCH3 is 1. The largest absolute Gasteiger partial charge is 0.466 e. The quantitative estimate of drug-likeness (QED) is 0.442. The Morgan fingerprint density at radius 1 is 0.857 bits per heavy atom. The van der Waals surface area contributed by atoms with E-state index >= 15 is 0 Å². The van der Waals surface area contributed by atoms with Crippen LogP contribution in [0.3, 0.4) is 0 Å². The molecule has 0 atom stereocenters. The number of benzene rings is 1. The minimum absolute atomic E-state index is 0.284. The molecule has 28 heavy (non-hydrogen) atoms. The van der Waals surface area contributed by atoms with Crippen LogP contribution in [0.4, 0.5) is 21.0 Å². The van der Waals surface area contributed by atoms with E-state index in [1.54, 1.807) is 59.7 Å². The molecule has 0 bridgehead atoms. The Balaban J connectivity index is 3.12. The zero-order valence-corrected chi connectivity index (χ0v) is 17.3. The van der Waals surface area contributed by atoms with Crippen molar-refractivity contribution in [2.45, 2.75) is 52.7 Å². The maximum Gasteiger partial charge on any atom is 0.412 e. The second-order valence-electron chi connectivity index (χ2n) is 7.92. The zero-order chi connectivity index (χ0) is 21.5. The van der Waals surface area contributed by atoms with Crippen molar-refractivity contribution in [1.82, 2.24) is 0 Å². The molecule has 0 fully saturated rings. The van der Waals surface area contributed by atoms with Crippen LogP contribution in [0.2, 0.25) is 0 Å². The Morgan fingerprint density at radius 3 is 1.82 bits per heavy atom. The van der Waals surface area contributed by atoms with E-state index in [0.717, 1.165) is 0 Å². The Labute approximate surface area is 165 Å². The molecule has 8 nitrogen and oxygen atoms in total. The molecular weight excluding hydrogens is 364 g/mol. The predicted octanol–water partition coefficient (Wildman–Crippen LogP) is 4.57. The third-order valence-electron chi connectivity index (χ3n) is 2.93. The van der Waals surface area contributed by atoms with Gasteiger partial charge in [-0.25, -0.2) is 14.4 Å². The molecular formula is C20H28N2O6. The third-order valence-corrected chi connectivity index (χ3v) is 2.93. The number of rotatable bonds is 4. The standard InChI is InChI=1S/C20H28N2O6/c1-19(2,3)27-17(24)21-14-10-8-13(9-11-16(23)26-7)12-15(14)22-18(25)28-20(4,5)6/h8-12H,1-7H3,(H,21,24)(H,22,25)/b11-9+. The maximum absolute atomic E-state index is 12.1. The summed E-state index contributed by atoms with van der Waals surface area (Å²) in [6, 6.07) is 4.82. The van der Waals surface area contributed by atoms with Crippen molar-refractivity contribution in [3.8, 4) is 0 Å². The van der Waals surface area contributed by atoms with Crippen molar-refractivity contribution >= 4 is 35.6 Å². The van der Waals surface area contributed by atoms with Gasteiger partial charge in [-0.1, -0.05) is 6.07 Å². The van der Waals surface area contributed by atoms with Crippen LogP contribution in [0.1, 0.15) is 47.1 Å². The van der Waals surface area contributed by atoms with Crippen LogP contribution >= 0.6 is 0 Å². The van der Waals surface area contributed by atoms with Crippen molar-refractivity contribution < 1.29 is 28.6 Å². The maximum atomic E-state index is 12.1. The summed E-state index contributed by atoms with van der Waals surface area (Å²) < 4.78 is 15.0. The summed E-state index contributed by atoms with van der Waals surface area (Å²) in [7, 11) is 1.27. The fourth-order valence-corrected chi connectivity index (χ4v) is 1.94. The third kappa shape index (κ3) is 9.07. The molecule has 0 aliphatic rings. The molecule has 0 saturated carbocycles. The Bertz CT molecular complexity index is 757. The predicted molar refractivity (Wildman–Crippen MR) is 107 cm³/mol. The number of amides is 2. The molecule has 8 heteroatoms. The normalized spacial score (nSPS) is 11.7. The van der Waals surface area contributed by atoms with E-state index in [1.165, 1.54) is 19.3 Å². The Morgan fingerprint density at radius 2 is 1.36 bits per heavy atom. The second-order valence-corrected chi connectivity index (χ2v) is 7.92. The molecule has 154 valence electrons. The SMILES string of the molecule is COC(=O)/C=C/c1ccc(NC(=O)OC(C)(C)C)c(NC(=O)OC(C)(C)C)c1. The first-order chi connectivity index (χ1) is 12.8. The van der Waals surface area contributed by atoms with Gasteiger partial charge in [0.25, 0.3) is 0 Å². The fourth-order valence-electron chi connectivity index (χ4n) is 1.94. The molecule has 1 aromatic rings. The minimum atomic E-state index is -0.689. The molecule has 0 aromatic heterocycles. The zero-order valence-electron chi connectivity index (χ0n) is 17.3. The van der Waals surface area contributed by atoms with Crippen LogP contribution in [0.15, 0.2) is 24.3 Å². The fraction of sp³-hybridized carbons (Fsp3) is 0.450. The smallest absolute Gasteiger partial charge is 0.412 e. The van der Waals surface area contributed by atoms with E-state index in [0.29, 0.717) is 11.3 Å². The lowest BCUT2D eigenvalue weighted by Crippen LogP contribution is -2.29. The van der Waals surface area contributed by atoms with Crippen LogP contribution in [-0.2, 0) is 19.0 Å². The summed E-state index contributed by atoms with van der Waals surface area (Å²) in [6.45, 7) is 10.4. The Kier molecular flexibility index (Phi) is 7.60. The van der Waals surface area contributed by atoms with Crippen LogP contribution in [0, 0.1) is 0 Å². The van der Waals surface area contributed by atoms with Gasteiger partial charge in [0.15, 0.2) is 0 Å². The van der Waals surface area contributed by atoms with Gasteiger partial charge in [-0.15, -0.1) is 0 Å². The number of anilines is 2. The summed E-state index contributed by atoms with van der Waals surface area (Å²) >= 11 is 0. The lowest BCUT2D eigenvalue weighted by molar-refractivity contribution is -0.134. The van der Waals surface area contributed by atoms with E-state index in [1.807, 2.05) is 0 Å². The van der Waals surface area contributed by atoms with Crippen molar-refractivity contribution in [2.75, 3.05) is 17.7 Å². The van der Waals surface area contributed by atoms with Gasteiger partial charge >= 0.3 is 18.2 Å². The van der Waals surface area contributed by atoms with Gasteiger partial charge in [0.05, 0.1) is 18.5 Å². The number of nitrogens with one attached hydrogen (secondary N) is 2. The van der Waals surface area contributed by atoms with Gasteiger partial charge in [-0.05, 0) is 65.3 Å². The summed E-state index contributed by atoms with van der Waals surface area (Å²) in [4.78, 5) is 35.5. The molecule has 2 N–H and O–H groups in total. The van der Waals surface area contributed by atoms with Crippen LogP contribution in [0.5, 0.6) is 0 Å². The number of hydrogen-bond acceptors (Lipinski definition) is 6. The first-order valence-electron chi connectivity index (χ1n) is 8.69. The first-order valence-corrected chi connectivity index (χ1v) is 8.69.